The number of carbonyl (C=O) groups is 2. The molecule has 2 rings (SSSR count). The molecule has 0 bridgehead atoms. The van der Waals surface area contributed by atoms with Gasteiger partial charge in [-0.15, -0.1) is 0 Å². The van der Waals surface area contributed by atoms with E-state index in [-0.39, 0.29) is 35.9 Å². The third-order valence-electron chi connectivity index (χ3n) is 5.08. The molecule has 26 heavy (non-hydrogen) atoms. The molecule has 0 amide bonds. The summed E-state index contributed by atoms with van der Waals surface area (Å²) in [6, 6.07) is 10.1. The van der Waals surface area contributed by atoms with Crippen LogP contribution in [-0.2, 0) is 20.7 Å². The maximum atomic E-state index is 12.5. The van der Waals surface area contributed by atoms with Gasteiger partial charge in [-0.2, -0.15) is 0 Å². The lowest BCUT2D eigenvalue weighted by Crippen LogP contribution is -2.40. The van der Waals surface area contributed by atoms with Gasteiger partial charge in [-0.1, -0.05) is 57.5 Å². The van der Waals surface area contributed by atoms with Gasteiger partial charge in [0.05, 0.1) is 5.57 Å². The summed E-state index contributed by atoms with van der Waals surface area (Å²) in [6.45, 7) is 5.73. The van der Waals surface area contributed by atoms with Gasteiger partial charge in [0.1, 0.15) is 17.1 Å². The molecule has 0 fully saturated rings. The van der Waals surface area contributed by atoms with E-state index in [0.717, 1.165) is 12.8 Å². The second-order valence-corrected chi connectivity index (χ2v) is 7.53. The van der Waals surface area contributed by atoms with Gasteiger partial charge in [-0.05, 0) is 31.2 Å². The number of aliphatic hydroxyl groups excluding tert-OH is 1. The van der Waals surface area contributed by atoms with Crippen LogP contribution in [0, 0.1) is 5.92 Å². The van der Waals surface area contributed by atoms with Gasteiger partial charge in [-0.25, -0.2) is 4.79 Å². The quantitative estimate of drug-likeness (QED) is 0.636. The molecule has 1 heterocycles. The monoisotopic (exact) mass is 358 g/mol. The van der Waals surface area contributed by atoms with Crippen LogP contribution in [0.1, 0.15) is 64.9 Å². The number of hydrogen-bond acceptors (Lipinski definition) is 4. The van der Waals surface area contributed by atoms with Crippen LogP contribution in [-0.4, -0.2) is 22.5 Å². The largest absolute Gasteiger partial charge is 0.512 e. The maximum absolute atomic E-state index is 12.5. The number of carbonyl (C=O) groups excluding carboxylic acids is 2. The molecule has 0 aromatic heterocycles. The van der Waals surface area contributed by atoms with Gasteiger partial charge in [0.2, 0.25) is 0 Å². The van der Waals surface area contributed by atoms with Gasteiger partial charge < -0.3 is 9.84 Å². The summed E-state index contributed by atoms with van der Waals surface area (Å²) in [7, 11) is 0. The average molecular weight is 358 g/mol. The number of hydrogen-bond donors (Lipinski definition) is 1. The molecule has 1 aromatic carbocycles. The third-order valence-corrected chi connectivity index (χ3v) is 5.08. The predicted molar refractivity (Wildman–Crippen MR) is 102 cm³/mol. The summed E-state index contributed by atoms with van der Waals surface area (Å²) in [4.78, 5) is 24.4. The van der Waals surface area contributed by atoms with Crippen molar-refractivity contribution in [2.24, 2.45) is 5.92 Å². The molecular weight excluding hydrogens is 328 g/mol. The minimum absolute atomic E-state index is 0.0672. The number of aliphatic hydroxyl groups is 1. The Hall–Kier alpha value is -2.10. The van der Waals surface area contributed by atoms with Crippen molar-refractivity contribution in [1.82, 2.24) is 0 Å². The second-order valence-electron chi connectivity index (χ2n) is 7.53. The van der Waals surface area contributed by atoms with Crippen LogP contribution in [0.5, 0.6) is 0 Å². The average Bonchev–Trinajstić information content (AvgIpc) is 2.60. The molecule has 4 heteroatoms. The molecule has 142 valence electrons. The molecule has 1 aliphatic rings. The predicted octanol–water partition coefficient (Wildman–Crippen LogP) is 4.92. The smallest absolute Gasteiger partial charge is 0.337 e. The summed E-state index contributed by atoms with van der Waals surface area (Å²) < 4.78 is 5.84. The Morgan fingerprint density at radius 3 is 2.46 bits per heavy atom. The second kappa shape index (κ2) is 9.02. The van der Waals surface area contributed by atoms with Crippen LogP contribution >= 0.6 is 0 Å². The number of ketones is 1. The molecule has 1 aliphatic heterocycles. The molecule has 1 atom stereocenters. The van der Waals surface area contributed by atoms with Crippen LogP contribution in [0.2, 0.25) is 0 Å². The van der Waals surface area contributed by atoms with Gasteiger partial charge >= 0.3 is 5.97 Å². The molecule has 0 spiro atoms. The molecular formula is C22H30O4. The number of rotatable bonds is 9. The summed E-state index contributed by atoms with van der Waals surface area (Å²) in [5.41, 5.74) is 0.804. The minimum atomic E-state index is -0.655. The Morgan fingerprint density at radius 2 is 1.88 bits per heavy atom. The van der Waals surface area contributed by atoms with Gasteiger partial charge in [0.15, 0.2) is 0 Å². The van der Waals surface area contributed by atoms with E-state index < -0.39 is 11.6 Å². The number of benzene rings is 1. The fourth-order valence-corrected chi connectivity index (χ4v) is 3.48. The normalized spacial score (nSPS) is 20.4. The van der Waals surface area contributed by atoms with E-state index in [1.165, 1.54) is 5.56 Å². The molecule has 0 unspecified atom stereocenters. The highest BCUT2D eigenvalue weighted by Gasteiger charge is 2.40. The molecule has 0 aliphatic carbocycles. The van der Waals surface area contributed by atoms with Crippen LogP contribution in [0.25, 0.3) is 0 Å². The fourth-order valence-electron chi connectivity index (χ4n) is 3.48. The number of cyclic esters (lactones) is 1. The van der Waals surface area contributed by atoms with E-state index in [1.807, 2.05) is 32.0 Å². The van der Waals surface area contributed by atoms with Gasteiger partial charge in [0, 0.05) is 18.8 Å². The highest BCUT2D eigenvalue weighted by molar-refractivity contribution is 5.91. The van der Waals surface area contributed by atoms with Crippen LogP contribution in [0.3, 0.4) is 0 Å². The Morgan fingerprint density at radius 1 is 1.19 bits per heavy atom. The van der Waals surface area contributed by atoms with Crippen molar-refractivity contribution in [1.29, 1.82) is 0 Å². The first-order chi connectivity index (χ1) is 12.4. The van der Waals surface area contributed by atoms with Crippen molar-refractivity contribution in [3.8, 4) is 0 Å². The molecule has 0 saturated carbocycles. The zero-order valence-corrected chi connectivity index (χ0v) is 16.1. The van der Waals surface area contributed by atoms with E-state index in [2.05, 4.69) is 19.1 Å². The highest BCUT2D eigenvalue weighted by Crippen LogP contribution is 2.37. The summed E-state index contributed by atoms with van der Waals surface area (Å²) >= 11 is 0. The van der Waals surface area contributed by atoms with Crippen LogP contribution < -0.4 is 0 Å². The van der Waals surface area contributed by atoms with Crippen molar-refractivity contribution in [2.45, 2.75) is 71.3 Å². The first-order valence-electron chi connectivity index (χ1n) is 9.58. The van der Waals surface area contributed by atoms with E-state index in [4.69, 9.17) is 4.74 Å². The summed E-state index contributed by atoms with van der Waals surface area (Å²) in [6.07, 6.45) is 3.91. The van der Waals surface area contributed by atoms with Gasteiger partial charge in [-0.3, -0.25) is 4.79 Å². The molecule has 0 radical (unpaired) electrons. The Kier molecular flexibility index (Phi) is 7.01. The maximum Gasteiger partial charge on any atom is 0.337 e. The lowest BCUT2D eigenvalue weighted by molar-refractivity contribution is -0.161. The molecule has 1 aromatic rings. The molecule has 1 N–H and O–H groups in total. The van der Waals surface area contributed by atoms with Crippen molar-refractivity contribution in [2.75, 3.05) is 0 Å². The van der Waals surface area contributed by atoms with Crippen LogP contribution in [0.4, 0.5) is 0 Å². The molecule has 0 saturated heterocycles. The Bertz CT molecular complexity index is 660. The Balaban J connectivity index is 2.10. The van der Waals surface area contributed by atoms with E-state index >= 15 is 0 Å². The summed E-state index contributed by atoms with van der Waals surface area (Å²) in [5.74, 6) is -0.346. The van der Waals surface area contributed by atoms with Crippen LogP contribution in [0.15, 0.2) is 41.7 Å². The van der Waals surface area contributed by atoms with E-state index in [9.17, 15) is 14.7 Å². The van der Waals surface area contributed by atoms with Crippen molar-refractivity contribution in [3.63, 3.8) is 0 Å². The zero-order chi connectivity index (χ0) is 19.2. The number of esters is 1. The standard InChI is InChI=1S/C22H30O4/c1-4-13-22(14-12-17-8-6-5-7-9-17)15-20(24)18(21(25)26-22)10-11-19(23)16(2)3/h5-9,16,24H,4,10-15H2,1-3H3/t22-/m1/s1. The summed E-state index contributed by atoms with van der Waals surface area (Å²) in [5, 5.41) is 10.5. The van der Waals surface area contributed by atoms with Gasteiger partial charge in [0.25, 0.3) is 0 Å². The zero-order valence-electron chi connectivity index (χ0n) is 16.1. The topological polar surface area (TPSA) is 63.6 Å². The third kappa shape index (κ3) is 5.20. The lowest BCUT2D eigenvalue weighted by Gasteiger charge is -2.37. The van der Waals surface area contributed by atoms with E-state index in [1.54, 1.807) is 0 Å². The number of Topliss-reactive ketones (excluding diaryl/α,β-unsaturated/α-hetero) is 1. The first-order valence-corrected chi connectivity index (χ1v) is 9.58. The van der Waals surface area contributed by atoms with Crippen molar-refractivity contribution < 1.29 is 19.4 Å². The highest BCUT2D eigenvalue weighted by atomic mass is 16.6. The number of ether oxygens (including phenoxy) is 1. The number of aryl methyl sites for hydroxylation is 1. The Labute approximate surface area is 156 Å². The minimum Gasteiger partial charge on any atom is -0.512 e. The SMILES string of the molecule is CCC[C@@]1(CCc2ccccc2)CC(O)=C(CCC(=O)C(C)C)C(=O)O1. The lowest BCUT2D eigenvalue weighted by atomic mass is 9.83. The van der Waals surface area contributed by atoms with Crippen molar-refractivity contribution >= 4 is 11.8 Å². The van der Waals surface area contributed by atoms with Crippen molar-refractivity contribution in [3.05, 3.63) is 47.2 Å². The fraction of sp³-hybridized carbons (Fsp3) is 0.545. The first kappa shape index (κ1) is 20.2. The molecule has 4 nitrogen and oxygen atoms in total. The van der Waals surface area contributed by atoms with E-state index in [0.29, 0.717) is 19.3 Å².